The molecule has 0 fully saturated rings. The molecule has 0 aliphatic carbocycles. The Balaban J connectivity index is 4.97. The third-order valence-corrected chi connectivity index (χ3v) is 4.22. The summed E-state index contributed by atoms with van der Waals surface area (Å²) in [6.07, 6.45) is -4.48. The van der Waals surface area contributed by atoms with Gasteiger partial charge in [0.25, 0.3) is 0 Å². The monoisotopic (exact) mass is 474 g/mol. The summed E-state index contributed by atoms with van der Waals surface area (Å²) in [5, 5.41) is 8.74. The Kier molecular flexibility index (Phi) is 10.9. The SMILES string of the molecule is CCCCCCCC/C(=C/C(=O)O)C(=O)OCCC(F)(F)C(F)(F)C(F)(F)C(F)(F)F. The number of unbranched alkanes of at least 4 members (excludes halogenated alkanes) is 5. The molecule has 0 unspecified atom stereocenters. The highest BCUT2D eigenvalue weighted by Crippen LogP contribution is 2.53. The zero-order valence-electron chi connectivity index (χ0n) is 16.5. The topological polar surface area (TPSA) is 63.6 Å². The van der Waals surface area contributed by atoms with E-state index in [1.54, 1.807) is 0 Å². The van der Waals surface area contributed by atoms with E-state index >= 15 is 0 Å². The van der Waals surface area contributed by atoms with Crippen molar-refractivity contribution in [3.05, 3.63) is 11.6 Å². The van der Waals surface area contributed by atoms with Gasteiger partial charge in [-0.1, -0.05) is 39.0 Å². The predicted molar refractivity (Wildman–Crippen MR) is 90.2 cm³/mol. The van der Waals surface area contributed by atoms with Crippen molar-refractivity contribution in [2.75, 3.05) is 6.61 Å². The number of ether oxygens (including phenoxy) is 1. The highest BCUT2D eigenvalue weighted by Gasteiger charge is 2.81. The van der Waals surface area contributed by atoms with Gasteiger partial charge < -0.3 is 9.84 Å². The number of esters is 1. The number of carboxylic acids is 1. The predicted octanol–water partition coefficient (Wildman–Crippen LogP) is 6.15. The molecule has 4 nitrogen and oxygen atoms in total. The zero-order valence-corrected chi connectivity index (χ0v) is 16.5. The van der Waals surface area contributed by atoms with E-state index in [0.717, 1.165) is 25.7 Å². The molecule has 0 atom stereocenters. The van der Waals surface area contributed by atoms with Gasteiger partial charge in [-0.3, -0.25) is 0 Å². The second-order valence-corrected chi connectivity index (χ2v) is 6.76. The van der Waals surface area contributed by atoms with Crippen LogP contribution < -0.4 is 0 Å². The molecule has 0 aromatic heterocycles. The minimum absolute atomic E-state index is 0.143. The van der Waals surface area contributed by atoms with Gasteiger partial charge in [0.15, 0.2) is 0 Å². The maximum Gasteiger partial charge on any atom is 0.460 e. The average molecular weight is 474 g/mol. The number of halogens is 9. The van der Waals surface area contributed by atoms with Crippen molar-refractivity contribution in [1.29, 1.82) is 0 Å². The first kappa shape index (κ1) is 29.1. The normalized spacial score (nSPS) is 13.9. The number of carboxylic acid groups (broad SMARTS) is 1. The van der Waals surface area contributed by atoms with Crippen molar-refractivity contribution in [1.82, 2.24) is 0 Å². The fourth-order valence-corrected chi connectivity index (χ4v) is 2.41. The fourth-order valence-electron chi connectivity index (χ4n) is 2.41. The summed E-state index contributed by atoms with van der Waals surface area (Å²) in [6.45, 7) is 0.343. The molecule has 13 heteroatoms. The molecule has 0 rings (SSSR count). The first-order valence-electron chi connectivity index (χ1n) is 9.32. The molecule has 0 heterocycles. The molecule has 0 saturated heterocycles. The Bertz CT molecular complexity index is 628. The van der Waals surface area contributed by atoms with Crippen molar-refractivity contribution >= 4 is 11.9 Å². The highest BCUT2D eigenvalue weighted by atomic mass is 19.4. The lowest BCUT2D eigenvalue weighted by atomic mass is 10.0. The maximum absolute atomic E-state index is 13.4. The number of rotatable bonds is 14. The van der Waals surface area contributed by atoms with Gasteiger partial charge in [0.1, 0.15) is 0 Å². The second kappa shape index (κ2) is 11.6. The van der Waals surface area contributed by atoms with Gasteiger partial charge in [-0.05, 0) is 12.8 Å². The first-order chi connectivity index (χ1) is 14.0. The van der Waals surface area contributed by atoms with Crippen LogP contribution in [0.5, 0.6) is 0 Å². The van der Waals surface area contributed by atoms with Crippen LogP contribution in [-0.2, 0) is 14.3 Å². The van der Waals surface area contributed by atoms with Crippen LogP contribution in [-0.4, -0.2) is 47.6 Å². The Morgan fingerprint density at radius 3 is 1.84 bits per heavy atom. The summed E-state index contributed by atoms with van der Waals surface area (Å²) in [7, 11) is 0. The molecule has 182 valence electrons. The molecule has 0 radical (unpaired) electrons. The van der Waals surface area contributed by atoms with E-state index in [1.165, 1.54) is 0 Å². The maximum atomic E-state index is 13.4. The Hall–Kier alpha value is -1.95. The van der Waals surface area contributed by atoms with Crippen LogP contribution >= 0.6 is 0 Å². The lowest BCUT2D eigenvalue weighted by molar-refractivity contribution is -0.397. The van der Waals surface area contributed by atoms with Gasteiger partial charge in [0.05, 0.1) is 13.0 Å². The Labute approximate surface area is 172 Å². The van der Waals surface area contributed by atoms with Crippen molar-refractivity contribution in [2.24, 2.45) is 0 Å². The third-order valence-electron chi connectivity index (χ3n) is 4.22. The smallest absolute Gasteiger partial charge is 0.460 e. The standard InChI is InChI=1S/C18H23F9O4/c1-2-3-4-5-6-7-8-12(11-13(28)29)14(30)31-10-9-15(19,20)16(21,22)17(23,24)18(25,26)27/h11H,2-10H2,1H3,(H,28,29)/b12-11-. The lowest BCUT2D eigenvalue weighted by Gasteiger charge is -2.33. The second-order valence-electron chi connectivity index (χ2n) is 6.76. The summed E-state index contributed by atoms with van der Waals surface area (Å²) < 4.78 is 119. The largest absolute Gasteiger partial charge is 0.478 e. The number of aliphatic carboxylic acids is 1. The molecule has 0 amide bonds. The van der Waals surface area contributed by atoms with Gasteiger partial charge >= 0.3 is 35.9 Å². The summed E-state index contributed by atoms with van der Waals surface area (Å²) in [4.78, 5) is 22.6. The minimum atomic E-state index is -7.03. The van der Waals surface area contributed by atoms with Crippen LogP contribution in [0.3, 0.4) is 0 Å². The zero-order chi connectivity index (χ0) is 24.5. The van der Waals surface area contributed by atoms with Gasteiger partial charge in [-0.25, -0.2) is 9.59 Å². The molecule has 31 heavy (non-hydrogen) atoms. The quantitative estimate of drug-likeness (QED) is 0.142. The van der Waals surface area contributed by atoms with Gasteiger partial charge in [-0.15, -0.1) is 0 Å². The fraction of sp³-hybridized carbons (Fsp3) is 0.778. The van der Waals surface area contributed by atoms with Crippen molar-refractivity contribution in [3.8, 4) is 0 Å². The summed E-state index contributed by atoms with van der Waals surface area (Å²) in [5.41, 5.74) is -0.487. The van der Waals surface area contributed by atoms with Crippen LogP contribution in [0.2, 0.25) is 0 Å². The molecule has 1 N–H and O–H groups in total. The van der Waals surface area contributed by atoms with E-state index in [1.807, 2.05) is 6.92 Å². The molecular weight excluding hydrogens is 451 g/mol. The van der Waals surface area contributed by atoms with Crippen molar-refractivity contribution in [3.63, 3.8) is 0 Å². The number of hydrogen-bond acceptors (Lipinski definition) is 3. The van der Waals surface area contributed by atoms with Crippen LogP contribution in [0, 0.1) is 0 Å². The Morgan fingerprint density at radius 1 is 0.839 bits per heavy atom. The number of carbonyl (C=O) groups excluding carboxylic acids is 1. The van der Waals surface area contributed by atoms with Crippen molar-refractivity contribution < 1.29 is 58.9 Å². The molecule has 0 spiro atoms. The Morgan fingerprint density at radius 2 is 1.35 bits per heavy atom. The molecule has 0 bridgehead atoms. The number of hydrogen-bond donors (Lipinski definition) is 1. The minimum Gasteiger partial charge on any atom is -0.478 e. The molecule has 0 aliphatic heterocycles. The summed E-state index contributed by atoms with van der Waals surface area (Å²) >= 11 is 0. The third kappa shape index (κ3) is 8.24. The van der Waals surface area contributed by atoms with Gasteiger partial charge in [0.2, 0.25) is 0 Å². The molecule has 0 aliphatic rings. The average Bonchev–Trinajstić information content (AvgIpc) is 2.61. The molecule has 0 saturated carbocycles. The van der Waals surface area contributed by atoms with Crippen molar-refractivity contribution in [2.45, 2.75) is 82.2 Å². The molecule has 0 aromatic rings. The van der Waals surface area contributed by atoms with Gasteiger partial charge in [-0.2, -0.15) is 39.5 Å². The molecule has 0 aromatic carbocycles. The first-order valence-corrected chi connectivity index (χ1v) is 9.32. The lowest BCUT2D eigenvalue weighted by Crippen LogP contribution is -2.61. The summed E-state index contributed by atoms with van der Waals surface area (Å²) in [5.74, 6) is -22.8. The number of alkyl halides is 9. The van der Waals surface area contributed by atoms with Crippen LogP contribution in [0.4, 0.5) is 39.5 Å². The molecular formula is C18H23F9O4. The van der Waals surface area contributed by atoms with E-state index in [2.05, 4.69) is 4.74 Å². The van der Waals surface area contributed by atoms with E-state index < -0.39 is 54.5 Å². The van der Waals surface area contributed by atoms with E-state index in [-0.39, 0.29) is 6.42 Å². The van der Waals surface area contributed by atoms with E-state index in [4.69, 9.17) is 5.11 Å². The highest BCUT2D eigenvalue weighted by molar-refractivity contribution is 5.95. The summed E-state index contributed by atoms with van der Waals surface area (Å²) in [6, 6.07) is 0. The van der Waals surface area contributed by atoms with Crippen LogP contribution in [0.15, 0.2) is 11.6 Å². The van der Waals surface area contributed by atoms with Gasteiger partial charge in [0, 0.05) is 11.6 Å². The van der Waals surface area contributed by atoms with Crippen LogP contribution in [0.1, 0.15) is 58.3 Å². The van der Waals surface area contributed by atoms with E-state index in [0.29, 0.717) is 18.9 Å². The van der Waals surface area contributed by atoms with E-state index in [9.17, 15) is 49.1 Å². The van der Waals surface area contributed by atoms with Crippen LogP contribution in [0.25, 0.3) is 0 Å². The number of carbonyl (C=O) groups is 2.